The molecular weight excluding hydrogens is 510 g/mol. The lowest BCUT2D eigenvalue weighted by atomic mass is 10.1. The van der Waals surface area contributed by atoms with E-state index in [1.807, 2.05) is 54.6 Å². The standard InChI is InChI=1S/C29H31N7O4/c1-39-25-12-11-21(15-26(25)40-2)16-27(37)35-29(30)34-24(14-20-7-4-3-5-8-20)28(38)32-17-22-9-6-10-23(13-22)36-19-31-18-33-36/h3-13,15,18-19,24H,14,16-17H2,1-2H3,(H,32,38)(H3,30,34,35,37). The van der Waals surface area contributed by atoms with Gasteiger partial charge in [-0.15, -0.1) is 0 Å². The van der Waals surface area contributed by atoms with E-state index in [2.05, 4.69) is 25.7 Å². The lowest BCUT2D eigenvalue weighted by molar-refractivity contribution is -0.122. The first-order valence-corrected chi connectivity index (χ1v) is 12.5. The van der Waals surface area contributed by atoms with Gasteiger partial charge in [0.15, 0.2) is 17.5 Å². The van der Waals surface area contributed by atoms with E-state index in [4.69, 9.17) is 15.2 Å². The van der Waals surface area contributed by atoms with Gasteiger partial charge in [-0.1, -0.05) is 48.5 Å². The van der Waals surface area contributed by atoms with Crippen LogP contribution in [-0.4, -0.2) is 52.8 Å². The van der Waals surface area contributed by atoms with Crippen molar-refractivity contribution >= 4 is 17.8 Å². The molecule has 11 heteroatoms. The van der Waals surface area contributed by atoms with Gasteiger partial charge >= 0.3 is 0 Å². The Morgan fingerprint density at radius 3 is 2.45 bits per heavy atom. The Hall–Kier alpha value is -5.19. The molecule has 0 saturated heterocycles. The molecule has 1 unspecified atom stereocenters. The minimum absolute atomic E-state index is 0.0359. The second-order valence-corrected chi connectivity index (χ2v) is 8.86. The first kappa shape index (κ1) is 27.8. The molecule has 206 valence electrons. The maximum atomic E-state index is 13.2. The van der Waals surface area contributed by atoms with Crippen LogP contribution >= 0.6 is 0 Å². The Balaban J connectivity index is 1.43. The summed E-state index contributed by atoms with van der Waals surface area (Å²) in [7, 11) is 3.07. The van der Waals surface area contributed by atoms with Crippen molar-refractivity contribution in [1.29, 1.82) is 0 Å². The van der Waals surface area contributed by atoms with Crippen LogP contribution in [0.5, 0.6) is 11.5 Å². The number of amides is 2. The fraction of sp³-hybridized carbons (Fsp3) is 0.207. The first-order chi connectivity index (χ1) is 19.4. The van der Waals surface area contributed by atoms with Crippen molar-refractivity contribution in [3.63, 3.8) is 0 Å². The van der Waals surface area contributed by atoms with E-state index in [1.54, 1.807) is 36.3 Å². The van der Waals surface area contributed by atoms with Crippen LogP contribution in [0.1, 0.15) is 16.7 Å². The fourth-order valence-electron chi connectivity index (χ4n) is 4.05. The Morgan fingerprint density at radius 1 is 0.950 bits per heavy atom. The summed E-state index contributed by atoms with van der Waals surface area (Å²) >= 11 is 0. The fourth-order valence-corrected chi connectivity index (χ4v) is 4.05. The Morgan fingerprint density at radius 2 is 1.73 bits per heavy atom. The number of nitrogens with one attached hydrogen (secondary N) is 2. The molecule has 4 rings (SSSR count). The van der Waals surface area contributed by atoms with Crippen molar-refractivity contribution in [2.45, 2.75) is 25.4 Å². The van der Waals surface area contributed by atoms with E-state index >= 15 is 0 Å². The zero-order valence-electron chi connectivity index (χ0n) is 22.3. The minimum atomic E-state index is -0.859. The number of carbonyl (C=O) groups excluding carboxylic acids is 2. The van der Waals surface area contributed by atoms with E-state index in [9.17, 15) is 9.59 Å². The SMILES string of the molecule is COc1ccc(CC(=O)NC(N)=NC(Cc2ccccc2)C(=O)NCc2cccc(-n3cncn3)c2)cc1OC. The van der Waals surface area contributed by atoms with Crippen LogP contribution in [-0.2, 0) is 29.0 Å². The Kier molecular flexibility index (Phi) is 9.44. The van der Waals surface area contributed by atoms with Gasteiger partial charge in [0.05, 0.1) is 26.3 Å². The lowest BCUT2D eigenvalue weighted by Gasteiger charge is -2.15. The summed E-state index contributed by atoms with van der Waals surface area (Å²) in [5, 5.41) is 9.65. The second-order valence-electron chi connectivity index (χ2n) is 8.86. The lowest BCUT2D eigenvalue weighted by Crippen LogP contribution is -2.42. The summed E-state index contributed by atoms with van der Waals surface area (Å²) in [5.74, 6) is 0.229. The predicted molar refractivity (Wildman–Crippen MR) is 150 cm³/mol. The summed E-state index contributed by atoms with van der Waals surface area (Å²) in [6, 6.07) is 21.4. The van der Waals surface area contributed by atoms with Gasteiger partial charge < -0.3 is 20.5 Å². The van der Waals surface area contributed by atoms with E-state index in [1.165, 1.54) is 13.4 Å². The number of rotatable bonds is 11. The maximum Gasteiger partial charge on any atom is 0.245 e. The second kappa shape index (κ2) is 13.6. The average Bonchev–Trinajstić information content (AvgIpc) is 3.51. The number of aliphatic imine (C=N–C) groups is 1. The molecule has 0 aliphatic heterocycles. The van der Waals surface area contributed by atoms with Gasteiger partial charge in [0.2, 0.25) is 11.8 Å². The van der Waals surface area contributed by atoms with Gasteiger partial charge in [-0.2, -0.15) is 5.10 Å². The van der Waals surface area contributed by atoms with Crippen molar-refractivity contribution in [1.82, 2.24) is 25.4 Å². The molecule has 1 atom stereocenters. The molecule has 0 bridgehead atoms. The monoisotopic (exact) mass is 541 g/mol. The molecule has 2 amide bonds. The molecule has 1 aromatic heterocycles. The number of nitrogens with two attached hydrogens (primary N) is 1. The minimum Gasteiger partial charge on any atom is -0.493 e. The van der Waals surface area contributed by atoms with E-state index < -0.39 is 6.04 Å². The smallest absolute Gasteiger partial charge is 0.245 e. The average molecular weight is 542 g/mol. The van der Waals surface area contributed by atoms with Crippen LogP contribution < -0.4 is 25.8 Å². The first-order valence-electron chi connectivity index (χ1n) is 12.5. The highest BCUT2D eigenvalue weighted by Gasteiger charge is 2.19. The maximum absolute atomic E-state index is 13.2. The van der Waals surface area contributed by atoms with Gasteiger partial charge in [-0.05, 0) is 41.0 Å². The summed E-state index contributed by atoms with van der Waals surface area (Å²) in [4.78, 5) is 34.2. The van der Waals surface area contributed by atoms with Gasteiger partial charge in [-0.25, -0.2) is 14.7 Å². The third-order valence-corrected chi connectivity index (χ3v) is 6.01. The molecule has 0 aliphatic rings. The number of carbonyl (C=O) groups is 2. The normalized spacial score (nSPS) is 11.9. The zero-order valence-corrected chi connectivity index (χ0v) is 22.3. The highest BCUT2D eigenvalue weighted by atomic mass is 16.5. The quantitative estimate of drug-likeness (QED) is 0.195. The molecule has 4 aromatic rings. The molecule has 11 nitrogen and oxygen atoms in total. The topological polar surface area (TPSA) is 146 Å². The molecule has 1 heterocycles. The van der Waals surface area contributed by atoms with Gasteiger partial charge in [0, 0.05) is 13.0 Å². The molecule has 0 saturated carbocycles. The number of methoxy groups -OCH3 is 2. The molecule has 0 fully saturated rings. The number of hydrogen-bond acceptors (Lipinski definition) is 7. The number of hydrogen-bond donors (Lipinski definition) is 3. The van der Waals surface area contributed by atoms with Gasteiger partial charge in [-0.3, -0.25) is 14.9 Å². The summed E-state index contributed by atoms with van der Waals surface area (Å²) in [5.41, 5.74) is 9.39. The Bertz CT molecular complexity index is 1460. The van der Waals surface area contributed by atoms with Crippen molar-refractivity contribution < 1.29 is 19.1 Å². The molecule has 0 radical (unpaired) electrons. The van der Waals surface area contributed by atoms with Crippen molar-refractivity contribution in [2.24, 2.45) is 10.7 Å². The van der Waals surface area contributed by atoms with Crippen molar-refractivity contribution in [3.8, 4) is 17.2 Å². The Labute approximate surface area is 232 Å². The molecule has 4 N–H and O–H groups in total. The number of nitrogens with zero attached hydrogens (tertiary/aromatic N) is 4. The van der Waals surface area contributed by atoms with Crippen LogP contribution in [0.3, 0.4) is 0 Å². The van der Waals surface area contributed by atoms with Gasteiger partial charge in [0.1, 0.15) is 18.7 Å². The van der Waals surface area contributed by atoms with E-state index in [0.29, 0.717) is 23.5 Å². The van der Waals surface area contributed by atoms with Crippen LogP contribution in [0, 0.1) is 0 Å². The molecule has 0 aliphatic carbocycles. The molecule has 0 spiro atoms. The van der Waals surface area contributed by atoms with Crippen LogP contribution in [0.15, 0.2) is 90.4 Å². The van der Waals surface area contributed by atoms with Crippen molar-refractivity contribution in [3.05, 3.63) is 102 Å². The van der Waals surface area contributed by atoms with E-state index in [-0.39, 0.29) is 30.7 Å². The molecular formula is C29H31N7O4. The highest BCUT2D eigenvalue weighted by Crippen LogP contribution is 2.27. The van der Waals surface area contributed by atoms with Gasteiger partial charge in [0.25, 0.3) is 0 Å². The molecule has 40 heavy (non-hydrogen) atoms. The predicted octanol–water partition coefficient (Wildman–Crippen LogP) is 2.19. The number of benzene rings is 3. The van der Waals surface area contributed by atoms with Crippen LogP contribution in [0.2, 0.25) is 0 Å². The summed E-state index contributed by atoms with van der Waals surface area (Å²) in [6.45, 7) is 0.272. The highest BCUT2D eigenvalue weighted by molar-refractivity contribution is 5.98. The summed E-state index contributed by atoms with van der Waals surface area (Å²) < 4.78 is 12.2. The van der Waals surface area contributed by atoms with Crippen molar-refractivity contribution in [2.75, 3.05) is 14.2 Å². The largest absolute Gasteiger partial charge is 0.493 e. The number of guanidine groups is 1. The third-order valence-electron chi connectivity index (χ3n) is 6.01. The number of aromatic nitrogens is 3. The van der Waals surface area contributed by atoms with Crippen LogP contribution in [0.4, 0.5) is 0 Å². The number of ether oxygens (including phenoxy) is 2. The van der Waals surface area contributed by atoms with Crippen LogP contribution in [0.25, 0.3) is 5.69 Å². The molecule has 3 aromatic carbocycles. The summed E-state index contributed by atoms with van der Waals surface area (Å²) in [6.07, 6.45) is 3.40. The van der Waals surface area contributed by atoms with E-state index in [0.717, 1.165) is 16.8 Å². The third kappa shape index (κ3) is 7.67. The zero-order chi connectivity index (χ0) is 28.3.